The van der Waals surface area contributed by atoms with Crippen molar-refractivity contribution < 1.29 is 14.4 Å². The van der Waals surface area contributed by atoms with Gasteiger partial charge in [0.05, 0.1) is 0 Å². The molecule has 0 fully saturated rings. The van der Waals surface area contributed by atoms with Gasteiger partial charge in [-0.3, -0.25) is 14.4 Å². The van der Waals surface area contributed by atoms with Crippen LogP contribution in [0.4, 0.5) is 0 Å². The zero-order chi connectivity index (χ0) is 17.6. The predicted molar refractivity (Wildman–Crippen MR) is 90.3 cm³/mol. The summed E-state index contributed by atoms with van der Waals surface area (Å²) in [6.45, 7) is 11.4. The second-order valence-corrected chi connectivity index (χ2v) is 6.99. The average molecular weight is 320 g/mol. The average Bonchev–Trinajstić information content (AvgIpc) is 2.49. The summed E-state index contributed by atoms with van der Waals surface area (Å²) in [6.07, 6.45) is -0.743. The van der Waals surface area contributed by atoms with Crippen LogP contribution in [0.15, 0.2) is 30.3 Å². The third kappa shape index (κ3) is 6.02. The monoisotopic (exact) mass is 320 g/mol. The van der Waals surface area contributed by atoms with E-state index in [2.05, 4.69) is 5.48 Å². The van der Waals surface area contributed by atoms with Gasteiger partial charge < -0.3 is 4.90 Å². The Bertz CT molecular complexity index is 521. The van der Waals surface area contributed by atoms with Crippen molar-refractivity contribution in [2.24, 2.45) is 5.41 Å². The van der Waals surface area contributed by atoms with Crippen LogP contribution in [0.2, 0.25) is 0 Å². The summed E-state index contributed by atoms with van der Waals surface area (Å²) in [7, 11) is 0. The van der Waals surface area contributed by atoms with Crippen LogP contribution >= 0.6 is 0 Å². The smallest absolute Gasteiger partial charge is 0.254 e. The Hall–Kier alpha value is -1.88. The lowest BCUT2D eigenvalue weighted by Gasteiger charge is -2.29. The molecule has 0 aliphatic heterocycles. The number of carbonyl (C=O) groups is 2. The van der Waals surface area contributed by atoms with Crippen molar-refractivity contribution in [2.45, 2.75) is 60.2 Å². The number of amides is 2. The van der Waals surface area contributed by atoms with Crippen molar-refractivity contribution in [1.82, 2.24) is 10.4 Å². The van der Waals surface area contributed by atoms with Crippen LogP contribution in [0.5, 0.6) is 0 Å². The summed E-state index contributed by atoms with van der Waals surface area (Å²) in [5, 5.41) is 0. The van der Waals surface area contributed by atoms with Gasteiger partial charge in [0.25, 0.3) is 5.91 Å². The molecule has 0 spiro atoms. The molecular formula is C18H28N2O3. The summed E-state index contributed by atoms with van der Waals surface area (Å²) in [4.78, 5) is 31.4. The topological polar surface area (TPSA) is 58.6 Å². The third-order valence-electron chi connectivity index (χ3n) is 3.46. The van der Waals surface area contributed by atoms with Gasteiger partial charge >= 0.3 is 0 Å². The molecule has 0 radical (unpaired) electrons. The lowest BCUT2D eigenvalue weighted by molar-refractivity contribution is -0.159. The summed E-state index contributed by atoms with van der Waals surface area (Å²) in [6, 6.07) is 9.83. The van der Waals surface area contributed by atoms with E-state index in [4.69, 9.17) is 4.84 Å². The Morgan fingerprint density at radius 2 is 1.70 bits per heavy atom. The van der Waals surface area contributed by atoms with Crippen LogP contribution in [0.3, 0.4) is 0 Å². The molecule has 5 nitrogen and oxygen atoms in total. The maximum atomic E-state index is 12.6. The fraction of sp³-hybridized carbons (Fsp3) is 0.556. The normalized spacial score (nSPS) is 12.8. The molecule has 5 heteroatoms. The summed E-state index contributed by atoms with van der Waals surface area (Å²) < 4.78 is 0. The Kier molecular flexibility index (Phi) is 6.76. The fourth-order valence-corrected chi connectivity index (χ4v) is 1.87. The number of hydroxylamine groups is 1. The Labute approximate surface area is 139 Å². The minimum absolute atomic E-state index is 0.0343. The molecule has 2 amide bonds. The van der Waals surface area contributed by atoms with E-state index < -0.39 is 11.5 Å². The Balaban J connectivity index is 2.68. The van der Waals surface area contributed by atoms with E-state index >= 15 is 0 Å². The highest BCUT2D eigenvalue weighted by molar-refractivity contribution is 5.82. The molecule has 128 valence electrons. The van der Waals surface area contributed by atoms with E-state index in [-0.39, 0.29) is 17.9 Å². The highest BCUT2D eigenvalue weighted by Gasteiger charge is 2.27. The van der Waals surface area contributed by atoms with Crippen molar-refractivity contribution in [3.63, 3.8) is 0 Å². The molecule has 1 aromatic carbocycles. The van der Waals surface area contributed by atoms with Crippen molar-refractivity contribution in [3.8, 4) is 0 Å². The molecule has 23 heavy (non-hydrogen) atoms. The predicted octanol–water partition coefficient (Wildman–Crippen LogP) is 2.91. The van der Waals surface area contributed by atoms with Crippen LogP contribution in [0.1, 0.15) is 47.1 Å². The fourth-order valence-electron chi connectivity index (χ4n) is 1.87. The van der Waals surface area contributed by atoms with Gasteiger partial charge in [0, 0.05) is 18.0 Å². The number of nitrogens with zero attached hydrogens (tertiary/aromatic N) is 1. The van der Waals surface area contributed by atoms with Gasteiger partial charge in [-0.2, -0.15) is 0 Å². The highest BCUT2D eigenvalue weighted by atomic mass is 16.7. The maximum Gasteiger partial charge on any atom is 0.254 e. The van der Waals surface area contributed by atoms with E-state index in [1.807, 2.05) is 44.2 Å². The number of hydrogen-bond donors (Lipinski definition) is 1. The van der Waals surface area contributed by atoms with Crippen LogP contribution in [0, 0.1) is 5.41 Å². The molecule has 1 aromatic rings. The number of benzene rings is 1. The SMILES string of the molecule is CC(ONC(=O)C(C)(C)C)C(=O)N(Cc1ccccc1)C(C)C. The molecule has 0 saturated carbocycles. The molecule has 0 heterocycles. The summed E-state index contributed by atoms with van der Waals surface area (Å²) >= 11 is 0. The van der Waals surface area contributed by atoms with Crippen LogP contribution in [-0.4, -0.2) is 28.9 Å². The first-order valence-electron chi connectivity index (χ1n) is 7.93. The van der Waals surface area contributed by atoms with Gasteiger partial charge in [-0.25, -0.2) is 5.48 Å². The van der Waals surface area contributed by atoms with Crippen molar-refractivity contribution in [1.29, 1.82) is 0 Å². The van der Waals surface area contributed by atoms with Gasteiger partial charge in [0.15, 0.2) is 6.10 Å². The van der Waals surface area contributed by atoms with Crippen LogP contribution in [0.25, 0.3) is 0 Å². The molecule has 1 N–H and O–H groups in total. The van der Waals surface area contributed by atoms with Gasteiger partial charge in [-0.15, -0.1) is 0 Å². The Morgan fingerprint density at radius 3 is 2.17 bits per heavy atom. The zero-order valence-corrected chi connectivity index (χ0v) is 14.9. The summed E-state index contributed by atoms with van der Waals surface area (Å²) in [5.41, 5.74) is 2.87. The van der Waals surface area contributed by atoms with Crippen molar-refractivity contribution >= 4 is 11.8 Å². The quantitative estimate of drug-likeness (QED) is 0.820. The van der Waals surface area contributed by atoms with E-state index in [9.17, 15) is 9.59 Å². The molecule has 0 bridgehead atoms. The third-order valence-corrected chi connectivity index (χ3v) is 3.46. The highest BCUT2D eigenvalue weighted by Crippen LogP contribution is 2.14. The van der Waals surface area contributed by atoms with Crippen molar-refractivity contribution in [2.75, 3.05) is 0 Å². The molecule has 0 saturated heterocycles. The number of nitrogens with one attached hydrogen (secondary N) is 1. The minimum Gasteiger partial charge on any atom is -0.334 e. The van der Waals surface area contributed by atoms with Crippen molar-refractivity contribution in [3.05, 3.63) is 35.9 Å². The number of carbonyl (C=O) groups excluding carboxylic acids is 2. The second kappa shape index (κ2) is 8.11. The molecule has 0 aromatic heterocycles. The van der Waals surface area contributed by atoms with E-state index in [0.29, 0.717) is 6.54 Å². The van der Waals surface area contributed by atoms with Gasteiger partial charge in [0.1, 0.15) is 0 Å². The van der Waals surface area contributed by atoms with E-state index in [1.54, 1.807) is 32.6 Å². The Morgan fingerprint density at radius 1 is 1.13 bits per heavy atom. The van der Waals surface area contributed by atoms with Gasteiger partial charge in [0.2, 0.25) is 5.91 Å². The van der Waals surface area contributed by atoms with Gasteiger partial charge in [-0.05, 0) is 26.3 Å². The lowest BCUT2D eigenvalue weighted by atomic mass is 9.96. The number of hydrogen-bond acceptors (Lipinski definition) is 3. The second-order valence-electron chi connectivity index (χ2n) is 6.99. The first-order chi connectivity index (χ1) is 10.6. The molecular weight excluding hydrogens is 292 g/mol. The molecule has 1 rings (SSSR count). The van der Waals surface area contributed by atoms with Crippen LogP contribution < -0.4 is 5.48 Å². The molecule has 1 atom stereocenters. The standard InChI is InChI=1S/C18H28N2O3/c1-13(2)20(12-15-10-8-7-9-11-15)16(21)14(3)23-19-17(22)18(4,5)6/h7-11,13-14H,12H2,1-6H3,(H,19,22). The van der Waals surface area contributed by atoms with Gasteiger partial charge in [-0.1, -0.05) is 51.1 Å². The maximum absolute atomic E-state index is 12.6. The summed E-state index contributed by atoms with van der Waals surface area (Å²) in [5.74, 6) is -0.408. The van der Waals surface area contributed by atoms with Crippen LogP contribution in [-0.2, 0) is 21.0 Å². The lowest BCUT2D eigenvalue weighted by Crippen LogP contribution is -2.46. The zero-order valence-electron chi connectivity index (χ0n) is 14.9. The minimum atomic E-state index is -0.743. The first kappa shape index (κ1) is 19.2. The van der Waals surface area contributed by atoms with E-state index in [1.165, 1.54) is 0 Å². The molecule has 0 aliphatic rings. The largest absolute Gasteiger partial charge is 0.334 e. The molecule has 1 unspecified atom stereocenters. The molecule has 0 aliphatic carbocycles. The van der Waals surface area contributed by atoms with E-state index in [0.717, 1.165) is 5.56 Å². The number of rotatable bonds is 6. The first-order valence-corrected chi connectivity index (χ1v) is 7.93.